The fourth-order valence-electron chi connectivity index (χ4n) is 4.95. The lowest BCUT2D eigenvalue weighted by molar-refractivity contribution is -0.119. The van der Waals surface area contributed by atoms with Crippen molar-refractivity contribution in [3.8, 4) is 11.1 Å². The summed E-state index contributed by atoms with van der Waals surface area (Å²) in [6, 6.07) is 2.40. The predicted octanol–water partition coefficient (Wildman–Crippen LogP) is 3.01. The highest BCUT2D eigenvalue weighted by atomic mass is 19.1. The lowest BCUT2D eigenvalue weighted by Gasteiger charge is -2.27. The number of rotatable bonds is 9. The van der Waals surface area contributed by atoms with E-state index in [1.54, 1.807) is 19.1 Å². The van der Waals surface area contributed by atoms with Crippen molar-refractivity contribution < 1.29 is 14.0 Å². The summed E-state index contributed by atoms with van der Waals surface area (Å²) in [6.45, 7) is 5.95. The SMILES string of the molecule is CCn1nncc1C(=O)NC(C(=O)Nc1ccc(-c2c(C)n[nH]c2C)c(F)n1)C(C1CC1)C1CC1. The molecule has 3 N–H and O–H groups in total. The average molecular weight is 481 g/mol. The van der Waals surface area contributed by atoms with Crippen LogP contribution in [0.15, 0.2) is 18.3 Å². The summed E-state index contributed by atoms with van der Waals surface area (Å²) >= 11 is 0. The number of nitrogens with zero attached hydrogens (tertiary/aromatic N) is 5. The molecule has 10 nitrogen and oxygen atoms in total. The maximum Gasteiger partial charge on any atom is 0.271 e. The van der Waals surface area contributed by atoms with Crippen LogP contribution in [-0.4, -0.2) is 48.0 Å². The van der Waals surface area contributed by atoms with Gasteiger partial charge in [0.05, 0.1) is 11.9 Å². The number of amides is 2. The minimum atomic E-state index is -0.759. The fourth-order valence-corrected chi connectivity index (χ4v) is 4.95. The molecule has 0 bridgehead atoms. The van der Waals surface area contributed by atoms with Gasteiger partial charge in [0.1, 0.15) is 17.6 Å². The molecule has 0 spiro atoms. The van der Waals surface area contributed by atoms with Gasteiger partial charge in [0.15, 0.2) is 0 Å². The van der Waals surface area contributed by atoms with Gasteiger partial charge in [-0.25, -0.2) is 9.67 Å². The van der Waals surface area contributed by atoms with Crippen molar-refractivity contribution in [2.24, 2.45) is 17.8 Å². The Labute approximate surface area is 202 Å². The highest BCUT2D eigenvalue weighted by Gasteiger charge is 2.48. The molecule has 0 aliphatic heterocycles. The summed E-state index contributed by atoms with van der Waals surface area (Å²) in [6.07, 6.45) is 5.56. The van der Waals surface area contributed by atoms with Gasteiger partial charge >= 0.3 is 0 Å². The molecule has 1 atom stereocenters. The number of aromatic amines is 1. The molecule has 0 aromatic carbocycles. The molecule has 5 rings (SSSR count). The van der Waals surface area contributed by atoms with Crippen LogP contribution in [0.2, 0.25) is 0 Å². The van der Waals surface area contributed by atoms with Crippen LogP contribution in [0.1, 0.15) is 54.5 Å². The first-order chi connectivity index (χ1) is 16.9. The molecule has 11 heteroatoms. The van der Waals surface area contributed by atoms with Gasteiger partial charge in [0.25, 0.3) is 5.91 Å². The molecular formula is C24H29FN8O2. The molecule has 2 aliphatic rings. The van der Waals surface area contributed by atoms with Crippen LogP contribution in [-0.2, 0) is 11.3 Å². The second kappa shape index (κ2) is 9.20. The molecule has 3 heterocycles. The van der Waals surface area contributed by atoms with Crippen molar-refractivity contribution in [2.45, 2.75) is 59.0 Å². The number of carbonyl (C=O) groups excluding carboxylic acids is 2. The van der Waals surface area contributed by atoms with Crippen LogP contribution in [0.3, 0.4) is 0 Å². The Hall–Kier alpha value is -3.63. The van der Waals surface area contributed by atoms with Crippen molar-refractivity contribution in [3.63, 3.8) is 0 Å². The lowest BCUT2D eigenvalue weighted by atomic mass is 9.88. The van der Waals surface area contributed by atoms with E-state index in [2.05, 4.69) is 36.1 Å². The largest absolute Gasteiger partial charge is 0.339 e. The predicted molar refractivity (Wildman–Crippen MR) is 126 cm³/mol. The Kier molecular flexibility index (Phi) is 6.08. The van der Waals surface area contributed by atoms with Crippen molar-refractivity contribution in [3.05, 3.63) is 41.4 Å². The number of hydrogen-bond donors (Lipinski definition) is 3. The summed E-state index contributed by atoms with van der Waals surface area (Å²) in [5.41, 5.74) is 2.67. The number of aromatic nitrogens is 6. The number of hydrogen-bond acceptors (Lipinski definition) is 6. The zero-order valence-electron chi connectivity index (χ0n) is 20.0. The summed E-state index contributed by atoms with van der Waals surface area (Å²) in [5.74, 6) is -0.574. The van der Waals surface area contributed by atoms with E-state index in [0.29, 0.717) is 40.9 Å². The number of pyridine rings is 1. The van der Waals surface area contributed by atoms with E-state index in [4.69, 9.17) is 0 Å². The second-order valence-corrected chi connectivity index (χ2v) is 9.47. The lowest BCUT2D eigenvalue weighted by Crippen LogP contribution is -2.50. The number of carbonyl (C=O) groups is 2. The summed E-state index contributed by atoms with van der Waals surface area (Å²) < 4.78 is 16.4. The topological polar surface area (TPSA) is 130 Å². The zero-order valence-corrected chi connectivity index (χ0v) is 20.0. The van der Waals surface area contributed by atoms with Crippen molar-refractivity contribution in [2.75, 3.05) is 5.32 Å². The monoisotopic (exact) mass is 480 g/mol. The summed E-state index contributed by atoms with van der Waals surface area (Å²) in [4.78, 5) is 30.5. The molecule has 1 unspecified atom stereocenters. The number of aryl methyl sites for hydroxylation is 3. The third-order valence-corrected chi connectivity index (χ3v) is 6.93. The normalized spacial score (nSPS) is 16.4. The molecule has 35 heavy (non-hydrogen) atoms. The van der Waals surface area contributed by atoms with Crippen molar-refractivity contribution in [1.29, 1.82) is 0 Å². The number of anilines is 1. The number of halogens is 1. The Balaban J connectivity index is 1.38. The van der Waals surface area contributed by atoms with Gasteiger partial charge < -0.3 is 10.6 Å². The van der Waals surface area contributed by atoms with Gasteiger partial charge in [-0.15, -0.1) is 5.10 Å². The smallest absolute Gasteiger partial charge is 0.271 e. The fraction of sp³-hybridized carbons (Fsp3) is 0.500. The van der Waals surface area contributed by atoms with Gasteiger partial charge in [-0.2, -0.15) is 9.49 Å². The number of nitrogens with one attached hydrogen (secondary N) is 3. The van der Waals surface area contributed by atoms with Crippen molar-refractivity contribution in [1.82, 2.24) is 35.5 Å². The minimum Gasteiger partial charge on any atom is -0.339 e. The van der Waals surface area contributed by atoms with E-state index in [0.717, 1.165) is 31.4 Å². The van der Waals surface area contributed by atoms with Crippen molar-refractivity contribution >= 4 is 17.6 Å². The maximum atomic E-state index is 14.9. The van der Waals surface area contributed by atoms with Gasteiger partial charge in [-0.3, -0.25) is 14.7 Å². The van der Waals surface area contributed by atoms with Crippen LogP contribution in [0.5, 0.6) is 0 Å². The molecule has 2 amide bonds. The van der Waals surface area contributed by atoms with E-state index >= 15 is 0 Å². The minimum absolute atomic E-state index is 0.0326. The standard InChI is InChI=1S/C24H29FN8O2/c1-4-33-17(11-26-32-33)23(34)29-21(20(14-5-6-14)15-7-8-15)24(35)28-18-10-9-16(22(25)27-18)19-12(2)30-31-13(19)3/h9-11,14-15,20-21H,4-8H2,1-3H3,(H,29,34)(H,30,31)(H,27,28,35). The van der Waals surface area contributed by atoms with Crippen LogP contribution in [0, 0.1) is 37.5 Å². The maximum absolute atomic E-state index is 14.9. The van der Waals surface area contributed by atoms with E-state index in [9.17, 15) is 14.0 Å². The second-order valence-electron chi connectivity index (χ2n) is 9.47. The van der Waals surface area contributed by atoms with Crippen LogP contribution >= 0.6 is 0 Å². The van der Waals surface area contributed by atoms with Crippen LogP contribution < -0.4 is 10.6 Å². The van der Waals surface area contributed by atoms with E-state index < -0.39 is 23.8 Å². The molecular weight excluding hydrogens is 451 g/mol. The van der Waals surface area contributed by atoms with E-state index in [1.807, 2.05) is 13.8 Å². The number of H-pyrrole nitrogens is 1. The highest BCUT2D eigenvalue weighted by molar-refractivity contribution is 6.00. The average Bonchev–Trinajstić information content (AvgIpc) is 3.76. The Morgan fingerprint density at radius 3 is 2.49 bits per heavy atom. The molecule has 2 fully saturated rings. The quantitative estimate of drug-likeness (QED) is 0.404. The molecule has 2 saturated carbocycles. The van der Waals surface area contributed by atoms with Crippen LogP contribution in [0.4, 0.5) is 10.2 Å². The first-order valence-electron chi connectivity index (χ1n) is 12.1. The highest BCUT2D eigenvalue weighted by Crippen LogP contribution is 2.51. The molecule has 0 saturated heterocycles. The molecule has 184 valence electrons. The summed E-state index contributed by atoms with van der Waals surface area (Å²) in [5, 5.41) is 20.4. The molecule has 2 aliphatic carbocycles. The van der Waals surface area contributed by atoms with Gasteiger partial charge in [-0.1, -0.05) is 5.21 Å². The van der Waals surface area contributed by atoms with E-state index in [1.165, 1.54) is 10.9 Å². The Bertz CT molecular complexity index is 1230. The third-order valence-electron chi connectivity index (χ3n) is 6.93. The van der Waals surface area contributed by atoms with Gasteiger partial charge in [0, 0.05) is 23.4 Å². The summed E-state index contributed by atoms with van der Waals surface area (Å²) in [7, 11) is 0. The van der Waals surface area contributed by atoms with Gasteiger partial charge in [0.2, 0.25) is 11.9 Å². The Morgan fingerprint density at radius 1 is 1.20 bits per heavy atom. The molecule has 0 radical (unpaired) electrons. The molecule has 3 aromatic rings. The third kappa shape index (κ3) is 4.67. The van der Waals surface area contributed by atoms with Crippen LogP contribution in [0.25, 0.3) is 11.1 Å². The van der Waals surface area contributed by atoms with Gasteiger partial charge in [-0.05, 0) is 76.3 Å². The zero-order chi connectivity index (χ0) is 24.7. The first kappa shape index (κ1) is 23.1. The van der Waals surface area contributed by atoms with E-state index in [-0.39, 0.29) is 11.7 Å². The Morgan fingerprint density at radius 2 is 1.91 bits per heavy atom. The molecule has 3 aromatic heterocycles. The first-order valence-corrected chi connectivity index (χ1v) is 12.1.